The van der Waals surface area contributed by atoms with Crippen molar-refractivity contribution >= 4 is 0 Å². The van der Waals surface area contributed by atoms with Gasteiger partial charge < -0.3 is 5.32 Å². The van der Waals surface area contributed by atoms with Crippen LogP contribution in [0.3, 0.4) is 0 Å². The molecule has 1 N–H and O–H groups in total. The first-order chi connectivity index (χ1) is 9.69. The summed E-state index contributed by atoms with van der Waals surface area (Å²) in [6, 6.07) is 7.12. The van der Waals surface area contributed by atoms with E-state index in [-0.39, 0.29) is 0 Å². The summed E-state index contributed by atoms with van der Waals surface area (Å²) >= 11 is 0. The number of nitrogens with zero attached hydrogens (tertiary/aromatic N) is 3. The van der Waals surface area contributed by atoms with E-state index in [0.717, 1.165) is 25.1 Å². The molecule has 1 atom stereocenters. The lowest BCUT2D eigenvalue weighted by molar-refractivity contribution is 0.494. The Morgan fingerprint density at radius 2 is 1.90 bits per heavy atom. The molecule has 0 aliphatic heterocycles. The van der Waals surface area contributed by atoms with Crippen LogP contribution >= 0.6 is 0 Å². The van der Waals surface area contributed by atoms with Crippen molar-refractivity contribution in [3.63, 3.8) is 0 Å². The summed E-state index contributed by atoms with van der Waals surface area (Å²) in [4.78, 5) is 4.07. The van der Waals surface area contributed by atoms with Crippen molar-refractivity contribution in [3.8, 4) is 0 Å². The van der Waals surface area contributed by atoms with Gasteiger partial charge in [-0.15, -0.1) is 0 Å². The molecule has 0 aliphatic carbocycles. The van der Waals surface area contributed by atoms with Gasteiger partial charge in [0.1, 0.15) is 0 Å². The standard InChI is InChI=1S/C16H24N4/c1-4-18-16(11-14-5-8-17-9-6-14)12-15-7-10-20(19-15)13(2)3/h5-10,13,16,18H,4,11-12H2,1-3H3. The molecule has 2 aromatic rings. The number of aromatic nitrogens is 3. The zero-order valence-corrected chi connectivity index (χ0v) is 12.6. The summed E-state index contributed by atoms with van der Waals surface area (Å²) < 4.78 is 2.02. The summed E-state index contributed by atoms with van der Waals surface area (Å²) in [5.41, 5.74) is 2.47. The van der Waals surface area contributed by atoms with Crippen molar-refractivity contribution in [2.24, 2.45) is 0 Å². The fourth-order valence-corrected chi connectivity index (χ4v) is 2.33. The molecule has 0 amide bonds. The molecule has 0 saturated heterocycles. The van der Waals surface area contributed by atoms with E-state index in [2.05, 4.69) is 60.6 Å². The van der Waals surface area contributed by atoms with Crippen LogP contribution < -0.4 is 5.32 Å². The van der Waals surface area contributed by atoms with Crippen LogP contribution in [0.15, 0.2) is 36.8 Å². The van der Waals surface area contributed by atoms with Crippen LogP contribution in [-0.2, 0) is 12.8 Å². The molecule has 0 saturated carbocycles. The summed E-state index contributed by atoms with van der Waals surface area (Å²) in [5, 5.41) is 8.19. The van der Waals surface area contributed by atoms with E-state index in [1.165, 1.54) is 5.56 Å². The van der Waals surface area contributed by atoms with Gasteiger partial charge in [0, 0.05) is 37.1 Å². The normalized spacial score (nSPS) is 12.8. The monoisotopic (exact) mass is 272 g/mol. The third kappa shape index (κ3) is 4.17. The average molecular weight is 272 g/mol. The zero-order chi connectivity index (χ0) is 14.4. The van der Waals surface area contributed by atoms with Gasteiger partial charge in [0.05, 0.1) is 5.69 Å². The van der Waals surface area contributed by atoms with Crippen LogP contribution in [0.5, 0.6) is 0 Å². The van der Waals surface area contributed by atoms with Crippen molar-refractivity contribution in [2.45, 2.75) is 45.7 Å². The second-order valence-electron chi connectivity index (χ2n) is 5.40. The van der Waals surface area contributed by atoms with Gasteiger partial charge in [-0.25, -0.2) is 0 Å². The third-order valence-corrected chi connectivity index (χ3v) is 3.37. The molecule has 0 fully saturated rings. The van der Waals surface area contributed by atoms with Gasteiger partial charge in [0.15, 0.2) is 0 Å². The predicted molar refractivity (Wildman–Crippen MR) is 81.7 cm³/mol. The fourth-order valence-electron chi connectivity index (χ4n) is 2.33. The van der Waals surface area contributed by atoms with Crippen LogP contribution in [0.25, 0.3) is 0 Å². The minimum Gasteiger partial charge on any atom is -0.314 e. The van der Waals surface area contributed by atoms with Crippen LogP contribution in [0.2, 0.25) is 0 Å². The first-order valence-electron chi connectivity index (χ1n) is 7.35. The molecule has 1 unspecified atom stereocenters. The maximum Gasteiger partial charge on any atom is 0.0640 e. The van der Waals surface area contributed by atoms with Gasteiger partial charge in [-0.1, -0.05) is 6.92 Å². The van der Waals surface area contributed by atoms with Crippen molar-refractivity contribution in [1.82, 2.24) is 20.1 Å². The Morgan fingerprint density at radius 1 is 1.15 bits per heavy atom. The van der Waals surface area contributed by atoms with Gasteiger partial charge in [0.2, 0.25) is 0 Å². The van der Waals surface area contributed by atoms with Crippen LogP contribution in [0.4, 0.5) is 0 Å². The molecule has 0 bridgehead atoms. The minimum absolute atomic E-state index is 0.415. The maximum atomic E-state index is 4.64. The van der Waals surface area contributed by atoms with Crippen molar-refractivity contribution in [2.75, 3.05) is 6.54 Å². The first kappa shape index (κ1) is 14.7. The minimum atomic E-state index is 0.415. The first-order valence-corrected chi connectivity index (χ1v) is 7.35. The highest BCUT2D eigenvalue weighted by Gasteiger charge is 2.12. The summed E-state index contributed by atoms with van der Waals surface area (Å²) in [7, 11) is 0. The van der Waals surface area contributed by atoms with Crippen LogP contribution in [-0.4, -0.2) is 27.4 Å². The van der Waals surface area contributed by atoms with Crippen molar-refractivity contribution in [3.05, 3.63) is 48.0 Å². The molecular weight excluding hydrogens is 248 g/mol. The van der Waals surface area contributed by atoms with E-state index >= 15 is 0 Å². The van der Waals surface area contributed by atoms with Gasteiger partial charge in [-0.2, -0.15) is 5.10 Å². The van der Waals surface area contributed by atoms with Crippen LogP contribution in [0.1, 0.15) is 38.1 Å². The van der Waals surface area contributed by atoms with E-state index in [0.29, 0.717) is 12.1 Å². The van der Waals surface area contributed by atoms with Gasteiger partial charge in [-0.3, -0.25) is 9.67 Å². The molecule has 0 aromatic carbocycles. The zero-order valence-electron chi connectivity index (χ0n) is 12.6. The Kier molecular flexibility index (Phi) is 5.30. The molecule has 2 heterocycles. The third-order valence-electron chi connectivity index (χ3n) is 3.37. The highest BCUT2D eigenvalue weighted by molar-refractivity contribution is 5.13. The lowest BCUT2D eigenvalue weighted by Gasteiger charge is -2.17. The van der Waals surface area contributed by atoms with Crippen molar-refractivity contribution in [1.29, 1.82) is 0 Å². The highest BCUT2D eigenvalue weighted by atomic mass is 15.3. The smallest absolute Gasteiger partial charge is 0.0640 e. The number of rotatable bonds is 7. The van der Waals surface area contributed by atoms with Crippen LogP contribution in [0, 0.1) is 0 Å². The quantitative estimate of drug-likeness (QED) is 0.842. The maximum absolute atomic E-state index is 4.64. The Hall–Kier alpha value is -1.68. The van der Waals surface area contributed by atoms with Gasteiger partial charge in [0.25, 0.3) is 0 Å². The number of hydrogen-bond acceptors (Lipinski definition) is 3. The molecule has 20 heavy (non-hydrogen) atoms. The largest absolute Gasteiger partial charge is 0.314 e. The van der Waals surface area contributed by atoms with Crippen molar-refractivity contribution < 1.29 is 0 Å². The number of nitrogens with one attached hydrogen (secondary N) is 1. The summed E-state index contributed by atoms with van der Waals surface area (Å²) in [6.45, 7) is 7.41. The fraction of sp³-hybridized carbons (Fsp3) is 0.500. The molecule has 0 aliphatic rings. The lowest BCUT2D eigenvalue weighted by Crippen LogP contribution is -2.33. The second-order valence-corrected chi connectivity index (χ2v) is 5.40. The Morgan fingerprint density at radius 3 is 2.50 bits per heavy atom. The SMILES string of the molecule is CCNC(Cc1ccncc1)Cc1ccn(C(C)C)n1. The van der Waals surface area contributed by atoms with E-state index < -0.39 is 0 Å². The summed E-state index contributed by atoms with van der Waals surface area (Å²) in [6.07, 6.45) is 7.73. The molecule has 2 rings (SSSR count). The Bertz CT molecular complexity index is 504. The van der Waals surface area contributed by atoms with E-state index in [1.807, 2.05) is 17.1 Å². The molecule has 0 radical (unpaired) electrons. The second kappa shape index (κ2) is 7.20. The van der Waals surface area contributed by atoms with Gasteiger partial charge in [-0.05, 0) is 50.6 Å². The molecule has 0 spiro atoms. The Balaban J connectivity index is 2.01. The molecule has 2 aromatic heterocycles. The Labute approximate surface area is 121 Å². The number of hydrogen-bond donors (Lipinski definition) is 1. The van der Waals surface area contributed by atoms with E-state index in [4.69, 9.17) is 0 Å². The molecule has 4 heteroatoms. The highest BCUT2D eigenvalue weighted by Crippen LogP contribution is 2.09. The number of likely N-dealkylation sites (N-methyl/N-ethyl adjacent to an activating group) is 1. The van der Waals surface area contributed by atoms with E-state index in [1.54, 1.807) is 0 Å². The predicted octanol–water partition coefficient (Wildman–Crippen LogP) is 2.62. The molecule has 4 nitrogen and oxygen atoms in total. The number of pyridine rings is 1. The lowest BCUT2D eigenvalue weighted by atomic mass is 10.0. The van der Waals surface area contributed by atoms with E-state index in [9.17, 15) is 0 Å². The average Bonchev–Trinajstić information content (AvgIpc) is 2.89. The van der Waals surface area contributed by atoms with Gasteiger partial charge >= 0.3 is 0 Å². The molecule has 108 valence electrons. The summed E-state index contributed by atoms with van der Waals surface area (Å²) in [5.74, 6) is 0. The molecular formula is C16H24N4. The topological polar surface area (TPSA) is 42.7 Å².